The number of carbonyl (C=O) groups excluding carboxylic acids is 4. The van der Waals surface area contributed by atoms with Gasteiger partial charge in [-0.05, 0) is 43.3 Å². The Morgan fingerprint density at radius 2 is 1.88 bits per heavy atom. The molecule has 1 heterocycles. The zero-order valence-electron chi connectivity index (χ0n) is 16.6. The normalized spacial score (nSPS) is 16.9. The Balaban J connectivity index is 1.88. The molecule has 0 saturated carbocycles. The van der Waals surface area contributed by atoms with Gasteiger partial charge in [-0.25, -0.2) is 14.5 Å². The van der Waals surface area contributed by atoms with Crippen molar-refractivity contribution >= 4 is 41.4 Å². The van der Waals surface area contributed by atoms with Gasteiger partial charge < -0.3 is 4.74 Å². The van der Waals surface area contributed by atoms with Gasteiger partial charge in [-0.15, -0.1) is 0 Å². The average molecular weight is 447 g/mol. The fourth-order valence-corrected chi connectivity index (χ4v) is 2.88. The van der Waals surface area contributed by atoms with Crippen molar-refractivity contribution in [1.29, 1.82) is 0 Å². The molecule has 1 N–H and O–H groups in total. The number of imide groups is 2. The van der Waals surface area contributed by atoms with Crippen LogP contribution in [-0.2, 0) is 20.5 Å². The molecule has 11 heteroatoms. The van der Waals surface area contributed by atoms with E-state index in [4.69, 9.17) is 4.74 Å². The second-order valence-electron chi connectivity index (χ2n) is 6.54. The van der Waals surface area contributed by atoms with Gasteiger partial charge in [0, 0.05) is 6.21 Å². The van der Waals surface area contributed by atoms with Gasteiger partial charge in [0.1, 0.15) is 0 Å². The number of anilines is 1. The zero-order chi connectivity index (χ0) is 23.5. The van der Waals surface area contributed by atoms with Crippen molar-refractivity contribution in [3.8, 4) is 0 Å². The molecule has 1 aliphatic rings. The van der Waals surface area contributed by atoms with Crippen LogP contribution in [0.1, 0.15) is 22.8 Å². The summed E-state index contributed by atoms with van der Waals surface area (Å²) in [6.07, 6.45) is -3.74. The van der Waals surface area contributed by atoms with Crippen LogP contribution < -0.4 is 10.2 Å². The number of halogens is 3. The zero-order valence-corrected chi connectivity index (χ0v) is 16.6. The molecule has 3 rings (SSSR count). The molecule has 32 heavy (non-hydrogen) atoms. The number of benzene rings is 2. The number of nitrogens with one attached hydrogen (secondary N) is 1. The van der Waals surface area contributed by atoms with Crippen LogP contribution in [0.5, 0.6) is 0 Å². The summed E-state index contributed by atoms with van der Waals surface area (Å²) in [5, 5.41) is 1.93. The number of esters is 1. The van der Waals surface area contributed by atoms with E-state index in [0.717, 1.165) is 24.4 Å². The van der Waals surface area contributed by atoms with Crippen molar-refractivity contribution in [3.63, 3.8) is 0 Å². The van der Waals surface area contributed by atoms with E-state index in [2.05, 4.69) is 4.99 Å². The molecule has 1 aliphatic heterocycles. The SMILES string of the molecule is CCOC(=O)c1cccc(N=C[C@@H]2C(=O)NC(=O)N(c3cccc(C(F)(F)F)c3)C2=O)c1. The Morgan fingerprint density at radius 1 is 1.16 bits per heavy atom. The molecule has 1 saturated heterocycles. The second-order valence-corrected chi connectivity index (χ2v) is 6.54. The van der Waals surface area contributed by atoms with Gasteiger partial charge in [0.25, 0.3) is 5.91 Å². The molecule has 0 aromatic heterocycles. The van der Waals surface area contributed by atoms with E-state index in [9.17, 15) is 32.3 Å². The summed E-state index contributed by atoms with van der Waals surface area (Å²) in [7, 11) is 0. The number of amides is 4. The second kappa shape index (κ2) is 9.00. The van der Waals surface area contributed by atoms with Crippen molar-refractivity contribution in [2.75, 3.05) is 11.5 Å². The highest BCUT2D eigenvalue weighted by Crippen LogP contribution is 2.32. The van der Waals surface area contributed by atoms with E-state index >= 15 is 0 Å². The Morgan fingerprint density at radius 3 is 2.56 bits per heavy atom. The first-order valence-corrected chi connectivity index (χ1v) is 9.29. The largest absolute Gasteiger partial charge is 0.462 e. The summed E-state index contributed by atoms with van der Waals surface area (Å²) < 4.78 is 43.9. The summed E-state index contributed by atoms with van der Waals surface area (Å²) in [5.41, 5.74) is -0.994. The first-order chi connectivity index (χ1) is 15.1. The highest BCUT2D eigenvalue weighted by Gasteiger charge is 2.41. The topological polar surface area (TPSA) is 105 Å². The van der Waals surface area contributed by atoms with E-state index in [-0.39, 0.29) is 23.5 Å². The number of rotatable bonds is 5. The maximum atomic E-state index is 13.0. The third-order valence-electron chi connectivity index (χ3n) is 4.36. The number of ether oxygens (including phenoxy) is 1. The lowest BCUT2D eigenvalue weighted by Gasteiger charge is -2.28. The number of hydrogen-bond acceptors (Lipinski definition) is 6. The van der Waals surface area contributed by atoms with Crippen LogP contribution in [0, 0.1) is 5.92 Å². The minimum Gasteiger partial charge on any atom is -0.462 e. The standard InChI is InChI=1S/C21H16F3N3O5/c1-2-32-19(30)12-5-3-7-14(9-12)25-11-16-17(28)26-20(31)27(18(16)29)15-8-4-6-13(10-15)21(22,23)24/h3-11,16H,2H2,1H3,(H,26,28,31)/t16-/m1/s1. The number of hydrogen-bond donors (Lipinski definition) is 1. The molecule has 0 bridgehead atoms. The summed E-state index contributed by atoms with van der Waals surface area (Å²) in [5.74, 6) is -4.21. The van der Waals surface area contributed by atoms with Crippen molar-refractivity contribution in [2.45, 2.75) is 13.1 Å². The maximum absolute atomic E-state index is 13.0. The molecular weight excluding hydrogens is 431 g/mol. The number of alkyl halides is 3. The predicted molar refractivity (Wildman–Crippen MR) is 107 cm³/mol. The van der Waals surface area contributed by atoms with E-state index in [1.54, 1.807) is 6.92 Å². The van der Waals surface area contributed by atoms with Crippen LogP contribution in [0.2, 0.25) is 0 Å². The minimum atomic E-state index is -4.69. The summed E-state index contributed by atoms with van der Waals surface area (Å²) in [6.45, 7) is 1.81. The van der Waals surface area contributed by atoms with Crippen LogP contribution in [0.4, 0.5) is 29.3 Å². The number of urea groups is 1. The lowest BCUT2D eigenvalue weighted by atomic mass is 10.0. The summed E-state index contributed by atoms with van der Waals surface area (Å²) >= 11 is 0. The van der Waals surface area contributed by atoms with Crippen LogP contribution >= 0.6 is 0 Å². The van der Waals surface area contributed by atoms with E-state index < -0.39 is 41.5 Å². The molecule has 2 aromatic carbocycles. The summed E-state index contributed by atoms with van der Waals surface area (Å²) in [4.78, 5) is 53.4. The Labute approximate surface area is 179 Å². The third-order valence-corrected chi connectivity index (χ3v) is 4.36. The monoisotopic (exact) mass is 447 g/mol. The smallest absolute Gasteiger partial charge is 0.416 e. The Kier molecular flexibility index (Phi) is 6.37. The molecule has 166 valence electrons. The van der Waals surface area contributed by atoms with Gasteiger partial charge in [-0.1, -0.05) is 12.1 Å². The van der Waals surface area contributed by atoms with Gasteiger partial charge in [0.2, 0.25) is 5.91 Å². The predicted octanol–water partition coefficient (Wildman–Crippen LogP) is 3.48. The first-order valence-electron chi connectivity index (χ1n) is 9.29. The quantitative estimate of drug-likeness (QED) is 0.429. The number of barbiturate groups is 1. The van der Waals surface area contributed by atoms with Crippen LogP contribution in [0.15, 0.2) is 53.5 Å². The van der Waals surface area contributed by atoms with Crippen molar-refractivity contribution in [2.24, 2.45) is 10.9 Å². The van der Waals surface area contributed by atoms with Crippen molar-refractivity contribution in [1.82, 2.24) is 5.32 Å². The maximum Gasteiger partial charge on any atom is 0.416 e. The molecule has 1 atom stereocenters. The molecule has 8 nitrogen and oxygen atoms in total. The fraction of sp³-hybridized carbons (Fsp3) is 0.190. The molecular formula is C21H16F3N3O5. The van der Waals surface area contributed by atoms with E-state index in [1.165, 1.54) is 24.3 Å². The number of nitrogens with zero attached hydrogens (tertiary/aromatic N) is 2. The fourth-order valence-electron chi connectivity index (χ4n) is 2.88. The van der Waals surface area contributed by atoms with Gasteiger partial charge in [0.05, 0.1) is 29.1 Å². The van der Waals surface area contributed by atoms with Crippen LogP contribution in [-0.4, -0.2) is 36.6 Å². The van der Waals surface area contributed by atoms with Crippen molar-refractivity contribution in [3.05, 3.63) is 59.7 Å². The minimum absolute atomic E-state index is 0.169. The van der Waals surface area contributed by atoms with Gasteiger partial charge >= 0.3 is 18.2 Å². The highest BCUT2D eigenvalue weighted by molar-refractivity contribution is 6.32. The molecule has 4 amide bonds. The third kappa shape index (κ3) is 4.82. The van der Waals surface area contributed by atoms with Gasteiger partial charge in [-0.2, -0.15) is 13.2 Å². The molecule has 2 aromatic rings. The van der Waals surface area contributed by atoms with E-state index in [0.29, 0.717) is 11.0 Å². The van der Waals surface area contributed by atoms with Crippen molar-refractivity contribution < 1.29 is 37.1 Å². The number of carbonyl (C=O) groups is 4. The van der Waals surface area contributed by atoms with Gasteiger partial charge in [-0.3, -0.25) is 19.9 Å². The molecule has 0 aliphatic carbocycles. The molecule has 0 spiro atoms. The summed E-state index contributed by atoms with van der Waals surface area (Å²) in [6, 6.07) is 8.30. The highest BCUT2D eigenvalue weighted by atomic mass is 19.4. The molecule has 0 radical (unpaired) electrons. The molecule has 1 fully saturated rings. The van der Waals surface area contributed by atoms with E-state index in [1.807, 2.05) is 5.32 Å². The Bertz CT molecular complexity index is 1110. The van der Waals surface area contributed by atoms with Gasteiger partial charge in [0.15, 0.2) is 5.92 Å². The average Bonchev–Trinajstić information content (AvgIpc) is 2.73. The molecule has 0 unspecified atom stereocenters. The lowest BCUT2D eigenvalue weighted by Crippen LogP contribution is -2.58. The van der Waals surface area contributed by atoms with Crippen LogP contribution in [0.3, 0.4) is 0 Å². The lowest BCUT2D eigenvalue weighted by molar-refractivity contribution is -0.138. The first kappa shape index (κ1) is 22.7. The van der Waals surface area contributed by atoms with Crippen LogP contribution in [0.25, 0.3) is 0 Å². The number of aliphatic imine (C=N–C) groups is 1. The Hall–Kier alpha value is -4.02.